The van der Waals surface area contributed by atoms with Gasteiger partial charge in [-0.25, -0.2) is 4.79 Å². The summed E-state index contributed by atoms with van der Waals surface area (Å²) in [4.78, 5) is 22.4. The minimum atomic E-state index is -1.35. The Morgan fingerprint density at radius 3 is 2.14 bits per heavy atom. The van der Waals surface area contributed by atoms with E-state index in [4.69, 9.17) is 0 Å². The largest absolute Gasteiger partial charge is 1.00 e. The number of nitrogens with zero attached hydrogens (tertiary/aromatic N) is 1. The summed E-state index contributed by atoms with van der Waals surface area (Å²) in [6.45, 7) is 4.62. The maximum atomic E-state index is 11.3. The predicted octanol–water partition coefficient (Wildman–Crippen LogP) is -2.49. The number of unbranched alkanes of at least 4 members (excludes halogenated alkanes) is 2. The summed E-state index contributed by atoms with van der Waals surface area (Å²) in [5.74, 6) is -2.47. The third-order valence-electron chi connectivity index (χ3n) is 4.07. The maximum Gasteiger partial charge on any atom is 1.00 e. The minimum absolute atomic E-state index is 0. The zero-order valence-electron chi connectivity index (χ0n) is 14.1. The van der Waals surface area contributed by atoms with Crippen LogP contribution in [0.1, 0.15) is 46.5 Å². The van der Waals surface area contributed by atoms with E-state index in [1.54, 1.807) is 0 Å². The Labute approximate surface area is 154 Å². The third-order valence-corrected chi connectivity index (χ3v) is 4.07. The van der Waals surface area contributed by atoms with Crippen LogP contribution in [0.4, 0.5) is 0 Å². The van der Waals surface area contributed by atoms with Crippen LogP contribution in [0.25, 0.3) is 0 Å². The second-order valence-electron chi connectivity index (χ2n) is 5.38. The molecule has 2 N–H and O–H groups in total. The first kappa shape index (κ1) is 23.9. The molecule has 0 heterocycles. The Morgan fingerprint density at radius 1 is 1.18 bits per heavy atom. The van der Waals surface area contributed by atoms with Gasteiger partial charge in [-0.15, -0.1) is 0 Å². The van der Waals surface area contributed by atoms with Crippen molar-refractivity contribution in [3.8, 4) is 0 Å². The van der Waals surface area contributed by atoms with E-state index in [1.165, 1.54) is 13.8 Å². The summed E-state index contributed by atoms with van der Waals surface area (Å²) >= 11 is 0. The van der Waals surface area contributed by atoms with E-state index in [0.717, 1.165) is 19.3 Å². The zero-order valence-corrected chi connectivity index (χ0v) is 16.1. The molecule has 7 heteroatoms. The molecule has 0 rings (SSSR count). The predicted molar refractivity (Wildman–Crippen MR) is 77.1 cm³/mol. The van der Waals surface area contributed by atoms with Gasteiger partial charge in [-0.05, 0) is 26.7 Å². The number of carboxylic acid groups (broad SMARTS) is 2. The summed E-state index contributed by atoms with van der Waals surface area (Å²) in [6.07, 6.45) is 7.44. The van der Waals surface area contributed by atoms with E-state index in [0.29, 0.717) is 6.42 Å². The number of rotatable bonds is 11. The van der Waals surface area contributed by atoms with E-state index in [2.05, 4.69) is 13.0 Å². The van der Waals surface area contributed by atoms with Gasteiger partial charge in [-0.3, -0.25) is 4.48 Å². The third kappa shape index (κ3) is 6.79. The molecule has 3 unspecified atom stereocenters. The number of aliphatic carboxylic acids is 2. The van der Waals surface area contributed by atoms with Gasteiger partial charge in [0.1, 0.15) is 6.04 Å². The second kappa shape index (κ2) is 12.1. The summed E-state index contributed by atoms with van der Waals surface area (Å²) < 4.78 is -0.417. The number of carbonyl (C=O) groups is 2. The molecule has 0 fully saturated rings. The van der Waals surface area contributed by atoms with Crippen molar-refractivity contribution in [2.45, 2.75) is 58.5 Å². The van der Waals surface area contributed by atoms with Gasteiger partial charge in [0.05, 0.1) is 12.5 Å². The molecule has 0 aromatic heterocycles. The second-order valence-corrected chi connectivity index (χ2v) is 5.38. The van der Waals surface area contributed by atoms with Crippen LogP contribution in [-0.4, -0.2) is 52.0 Å². The molecule has 0 aliphatic rings. The first-order chi connectivity index (χ1) is 9.83. The number of aliphatic hydroxyl groups excluding tert-OH is 1. The van der Waals surface area contributed by atoms with Gasteiger partial charge >= 0.3 is 35.5 Å². The molecule has 0 aliphatic carbocycles. The summed E-state index contributed by atoms with van der Waals surface area (Å²) in [5, 5.41) is 30.0. The topological polar surface area (TPSA) is 97.7 Å². The number of hydrogen-bond donors (Lipinski definition) is 2. The van der Waals surface area contributed by atoms with Crippen LogP contribution in [0.2, 0.25) is 0 Å². The molecule has 122 valence electrons. The molecule has 0 aliphatic heterocycles. The van der Waals surface area contributed by atoms with E-state index in [-0.39, 0.29) is 36.1 Å². The fourth-order valence-electron chi connectivity index (χ4n) is 2.37. The average Bonchev–Trinajstić information content (AvgIpc) is 2.45. The van der Waals surface area contributed by atoms with Crippen molar-refractivity contribution in [3.05, 3.63) is 12.2 Å². The quantitative estimate of drug-likeness (QED) is 0.144. The maximum absolute atomic E-state index is 11.3. The van der Waals surface area contributed by atoms with E-state index >= 15 is 0 Å². The molecule has 0 radical (unpaired) electrons. The van der Waals surface area contributed by atoms with Gasteiger partial charge in [-0.2, -0.15) is 0 Å². The molecule has 6 nitrogen and oxygen atoms in total. The van der Waals surface area contributed by atoms with Gasteiger partial charge in [-0.1, -0.05) is 25.5 Å². The summed E-state index contributed by atoms with van der Waals surface area (Å²) in [7, 11) is 0. The van der Waals surface area contributed by atoms with Crippen LogP contribution in [0.5, 0.6) is 0 Å². The van der Waals surface area contributed by atoms with Gasteiger partial charge in [0, 0.05) is 6.42 Å². The number of hydrogen-bond acceptors (Lipinski definition) is 4. The van der Waals surface area contributed by atoms with Crippen LogP contribution < -0.4 is 34.7 Å². The van der Waals surface area contributed by atoms with Crippen LogP contribution in [0.15, 0.2) is 12.2 Å². The number of allylic oxidation sites excluding steroid dienone is 2. The zero-order chi connectivity index (χ0) is 16.5. The molecular weight excluding hydrogens is 297 g/mol. The van der Waals surface area contributed by atoms with Crippen LogP contribution in [0.3, 0.4) is 0 Å². The Balaban J connectivity index is 0. The SMILES string of the molecule is CCC/C=C/CCC[N+](CO)(C(C)C(=O)[O-])C(C)C(=O)O.[Na+]. The van der Waals surface area contributed by atoms with Crippen molar-refractivity contribution in [1.82, 2.24) is 0 Å². The monoisotopic (exact) mass is 324 g/mol. The molecule has 0 bridgehead atoms. The van der Waals surface area contributed by atoms with Gasteiger partial charge in [0.25, 0.3) is 0 Å². The van der Waals surface area contributed by atoms with E-state index < -0.39 is 35.2 Å². The first-order valence-corrected chi connectivity index (χ1v) is 7.39. The smallest absolute Gasteiger partial charge is 0.544 e. The van der Waals surface area contributed by atoms with Crippen molar-refractivity contribution in [2.75, 3.05) is 13.3 Å². The Morgan fingerprint density at radius 2 is 1.73 bits per heavy atom. The Kier molecular flexibility index (Phi) is 13.1. The van der Waals surface area contributed by atoms with E-state index in [9.17, 15) is 24.9 Å². The minimum Gasteiger partial charge on any atom is -0.544 e. The Bertz CT molecular complexity index is 353. The van der Waals surface area contributed by atoms with Crippen molar-refractivity contribution in [2.24, 2.45) is 0 Å². The average molecular weight is 324 g/mol. The molecular formula is C15H27NNaO5+. The van der Waals surface area contributed by atoms with Crippen molar-refractivity contribution >= 4 is 11.9 Å². The van der Waals surface area contributed by atoms with Crippen molar-refractivity contribution in [3.63, 3.8) is 0 Å². The van der Waals surface area contributed by atoms with Crippen LogP contribution >= 0.6 is 0 Å². The van der Waals surface area contributed by atoms with Crippen LogP contribution in [0, 0.1) is 0 Å². The molecule has 0 aromatic rings. The van der Waals surface area contributed by atoms with Gasteiger partial charge in [0.15, 0.2) is 12.8 Å². The number of carbonyl (C=O) groups excluding carboxylic acids is 1. The first-order valence-electron chi connectivity index (χ1n) is 7.39. The molecule has 0 saturated heterocycles. The standard InChI is InChI=1S/C15H27NO5.Na/c1-4-5-6-7-8-9-10-16(11-17,12(2)14(18)19)13(3)15(20)21;/h6-7,12-13,17H,4-5,8-11H2,1-3H3,(H-,18,19,20,21);/q;+1/b7-6+;. The molecule has 0 amide bonds. The summed E-state index contributed by atoms with van der Waals surface area (Å²) in [6, 6.07) is -2.09. The van der Waals surface area contributed by atoms with Crippen molar-refractivity contribution in [1.29, 1.82) is 0 Å². The fraction of sp³-hybridized carbons (Fsp3) is 0.733. The van der Waals surface area contributed by atoms with Gasteiger partial charge in [0.2, 0.25) is 0 Å². The molecule has 0 saturated carbocycles. The molecule has 22 heavy (non-hydrogen) atoms. The molecule has 3 atom stereocenters. The molecule has 0 aromatic carbocycles. The fourth-order valence-corrected chi connectivity index (χ4v) is 2.37. The normalized spacial score (nSPS) is 16.5. The van der Waals surface area contributed by atoms with Crippen molar-refractivity contribution < 1.29 is 58.9 Å². The summed E-state index contributed by atoms with van der Waals surface area (Å²) in [5.41, 5.74) is 0. The van der Waals surface area contributed by atoms with Crippen LogP contribution in [-0.2, 0) is 9.59 Å². The number of quaternary nitrogens is 1. The van der Waals surface area contributed by atoms with Gasteiger partial charge < -0.3 is 20.1 Å². The van der Waals surface area contributed by atoms with E-state index in [1.807, 2.05) is 6.08 Å². The number of aliphatic hydroxyl groups is 1. The Hall–Kier alpha value is -0.400. The number of carboxylic acids is 2. The molecule has 0 spiro atoms.